The van der Waals surface area contributed by atoms with Crippen LogP contribution in [0.2, 0.25) is 0 Å². The topological polar surface area (TPSA) is 21.3 Å². The van der Waals surface area contributed by atoms with Gasteiger partial charge in [0.25, 0.3) is 0 Å². The van der Waals surface area contributed by atoms with Crippen molar-refractivity contribution in [2.75, 3.05) is 6.54 Å². The molecule has 0 amide bonds. The zero-order valence-electron chi connectivity index (χ0n) is 13.0. The minimum atomic E-state index is 0.235. The van der Waals surface area contributed by atoms with Gasteiger partial charge in [0, 0.05) is 12.1 Å². The lowest BCUT2D eigenvalue weighted by Crippen LogP contribution is -2.20. The van der Waals surface area contributed by atoms with E-state index in [0.29, 0.717) is 0 Å². The summed E-state index contributed by atoms with van der Waals surface area (Å²) < 4.78 is 5.85. The Morgan fingerprint density at radius 2 is 1.90 bits per heavy atom. The van der Waals surface area contributed by atoms with Gasteiger partial charge < -0.3 is 10.1 Å². The predicted octanol–water partition coefficient (Wildman–Crippen LogP) is 4.53. The van der Waals surface area contributed by atoms with Gasteiger partial charge in [-0.2, -0.15) is 0 Å². The largest absolute Gasteiger partial charge is 0.491 e. The molecule has 0 aromatic heterocycles. The molecule has 1 N–H and O–H groups in total. The molecule has 1 aromatic carbocycles. The maximum atomic E-state index is 5.85. The van der Waals surface area contributed by atoms with Crippen LogP contribution >= 0.6 is 0 Å². The first-order valence-electron chi connectivity index (χ1n) is 8.21. The van der Waals surface area contributed by atoms with E-state index < -0.39 is 0 Å². The quantitative estimate of drug-likeness (QED) is 0.738. The van der Waals surface area contributed by atoms with Gasteiger partial charge in [0.1, 0.15) is 5.75 Å². The van der Waals surface area contributed by atoms with Crippen LogP contribution in [0.5, 0.6) is 5.75 Å². The minimum Gasteiger partial charge on any atom is -0.491 e. The summed E-state index contributed by atoms with van der Waals surface area (Å²) in [7, 11) is 0. The van der Waals surface area contributed by atoms with E-state index in [1.54, 1.807) is 0 Å². The van der Waals surface area contributed by atoms with E-state index in [1.807, 2.05) is 6.07 Å². The molecule has 1 saturated carbocycles. The van der Waals surface area contributed by atoms with Crippen molar-refractivity contribution >= 4 is 0 Å². The molecule has 0 saturated heterocycles. The molecule has 2 nitrogen and oxygen atoms in total. The van der Waals surface area contributed by atoms with Gasteiger partial charge in [-0.05, 0) is 38.8 Å². The number of rotatable bonds is 7. The van der Waals surface area contributed by atoms with Crippen LogP contribution in [-0.4, -0.2) is 12.6 Å². The molecule has 0 bridgehead atoms. The van der Waals surface area contributed by atoms with Gasteiger partial charge in [0.2, 0.25) is 0 Å². The first-order valence-corrected chi connectivity index (χ1v) is 8.21. The highest BCUT2D eigenvalue weighted by atomic mass is 16.5. The Hall–Kier alpha value is -1.02. The average Bonchev–Trinajstić information content (AvgIpc) is 2.46. The molecule has 0 spiro atoms. The van der Waals surface area contributed by atoms with E-state index in [4.69, 9.17) is 4.74 Å². The van der Waals surface area contributed by atoms with E-state index in [2.05, 4.69) is 37.4 Å². The van der Waals surface area contributed by atoms with Gasteiger partial charge in [0.15, 0.2) is 0 Å². The van der Waals surface area contributed by atoms with Crippen LogP contribution in [0, 0.1) is 5.92 Å². The highest BCUT2D eigenvalue weighted by Gasteiger charge is 2.12. The molecular weight excluding hydrogens is 246 g/mol. The standard InChI is InChI=1S/C18H29NO/c1-15(2)20-18-11-7-6-10-17(18)14-19-13-12-16-8-4-3-5-9-16/h6-7,10-11,15-16,19H,3-5,8-9,12-14H2,1-2H3. The Morgan fingerprint density at radius 3 is 2.65 bits per heavy atom. The smallest absolute Gasteiger partial charge is 0.124 e. The third kappa shape index (κ3) is 5.16. The number of hydrogen-bond acceptors (Lipinski definition) is 2. The van der Waals surface area contributed by atoms with Crippen molar-refractivity contribution in [2.24, 2.45) is 5.92 Å². The van der Waals surface area contributed by atoms with Crippen molar-refractivity contribution in [3.05, 3.63) is 29.8 Å². The second kappa shape index (κ2) is 8.31. The summed E-state index contributed by atoms with van der Waals surface area (Å²) in [5.74, 6) is 1.98. The molecule has 2 heteroatoms. The highest BCUT2D eigenvalue weighted by molar-refractivity contribution is 5.33. The summed E-state index contributed by atoms with van der Waals surface area (Å²) in [4.78, 5) is 0. The molecular formula is C18H29NO. The molecule has 2 rings (SSSR count). The monoisotopic (exact) mass is 275 g/mol. The third-order valence-electron chi connectivity index (χ3n) is 4.10. The molecule has 0 unspecified atom stereocenters. The van der Waals surface area contributed by atoms with Crippen LogP contribution in [0.25, 0.3) is 0 Å². The van der Waals surface area contributed by atoms with Crippen LogP contribution in [0.4, 0.5) is 0 Å². The van der Waals surface area contributed by atoms with Crippen molar-refractivity contribution < 1.29 is 4.74 Å². The van der Waals surface area contributed by atoms with Crippen molar-refractivity contribution in [2.45, 2.75) is 65.0 Å². The van der Waals surface area contributed by atoms with Gasteiger partial charge in [-0.25, -0.2) is 0 Å². The first-order chi connectivity index (χ1) is 9.75. The number of nitrogens with one attached hydrogen (secondary N) is 1. The number of benzene rings is 1. The van der Waals surface area contributed by atoms with Gasteiger partial charge >= 0.3 is 0 Å². The summed E-state index contributed by atoms with van der Waals surface area (Å²) >= 11 is 0. The van der Waals surface area contributed by atoms with Crippen LogP contribution in [-0.2, 0) is 6.54 Å². The number of ether oxygens (including phenoxy) is 1. The fourth-order valence-corrected chi connectivity index (χ4v) is 3.02. The molecule has 1 fully saturated rings. The maximum Gasteiger partial charge on any atom is 0.124 e. The first kappa shape index (κ1) is 15.4. The second-order valence-corrected chi connectivity index (χ2v) is 6.24. The number of para-hydroxylation sites is 1. The lowest BCUT2D eigenvalue weighted by atomic mass is 9.87. The van der Waals surface area contributed by atoms with Crippen LogP contribution < -0.4 is 10.1 Å². The Labute approximate surface area is 123 Å². The van der Waals surface area contributed by atoms with E-state index in [-0.39, 0.29) is 6.10 Å². The van der Waals surface area contributed by atoms with E-state index in [9.17, 15) is 0 Å². The average molecular weight is 275 g/mol. The lowest BCUT2D eigenvalue weighted by molar-refractivity contribution is 0.239. The lowest BCUT2D eigenvalue weighted by Gasteiger charge is -2.21. The molecule has 0 radical (unpaired) electrons. The van der Waals surface area contributed by atoms with Gasteiger partial charge in [0.05, 0.1) is 6.10 Å². The Bertz CT molecular complexity index is 383. The third-order valence-corrected chi connectivity index (χ3v) is 4.10. The van der Waals surface area contributed by atoms with Crippen molar-refractivity contribution in [3.63, 3.8) is 0 Å². The number of hydrogen-bond donors (Lipinski definition) is 1. The maximum absolute atomic E-state index is 5.85. The normalized spacial score (nSPS) is 16.6. The van der Waals surface area contributed by atoms with Gasteiger partial charge in [-0.3, -0.25) is 0 Å². The van der Waals surface area contributed by atoms with Crippen molar-refractivity contribution in [1.82, 2.24) is 5.32 Å². The van der Waals surface area contributed by atoms with Crippen LogP contribution in [0.1, 0.15) is 57.9 Å². The summed E-state index contributed by atoms with van der Waals surface area (Å²) in [6.07, 6.45) is 8.77. The van der Waals surface area contributed by atoms with E-state index in [1.165, 1.54) is 44.1 Å². The zero-order valence-corrected chi connectivity index (χ0v) is 13.0. The molecule has 20 heavy (non-hydrogen) atoms. The predicted molar refractivity (Wildman–Crippen MR) is 85.1 cm³/mol. The molecule has 112 valence electrons. The van der Waals surface area contributed by atoms with Gasteiger partial charge in [-0.1, -0.05) is 50.3 Å². The summed E-state index contributed by atoms with van der Waals surface area (Å²) in [6.45, 7) is 6.19. The fraction of sp³-hybridized carbons (Fsp3) is 0.667. The molecule has 1 aliphatic rings. The summed E-state index contributed by atoms with van der Waals surface area (Å²) in [6, 6.07) is 8.36. The van der Waals surface area contributed by atoms with E-state index in [0.717, 1.165) is 24.8 Å². The molecule has 0 aliphatic heterocycles. The molecule has 0 heterocycles. The summed E-state index contributed by atoms with van der Waals surface area (Å²) in [5, 5.41) is 3.58. The molecule has 0 atom stereocenters. The van der Waals surface area contributed by atoms with Gasteiger partial charge in [-0.15, -0.1) is 0 Å². The van der Waals surface area contributed by atoms with Crippen molar-refractivity contribution in [1.29, 1.82) is 0 Å². The highest BCUT2D eigenvalue weighted by Crippen LogP contribution is 2.26. The van der Waals surface area contributed by atoms with E-state index >= 15 is 0 Å². The minimum absolute atomic E-state index is 0.235. The summed E-state index contributed by atoms with van der Waals surface area (Å²) in [5.41, 5.74) is 1.27. The SMILES string of the molecule is CC(C)Oc1ccccc1CNCCC1CCCCC1. The molecule has 1 aliphatic carbocycles. The Balaban J connectivity index is 1.73. The van der Waals surface area contributed by atoms with Crippen LogP contribution in [0.3, 0.4) is 0 Å². The molecule has 1 aromatic rings. The fourth-order valence-electron chi connectivity index (χ4n) is 3.02. The van der Waals surface area contributed by atoms with Crippen molar-refractivity contribution in [3.8, 4) is 5.75 Å². The van der Waals surface area contributed by atoms with Crippen LogP contribution in [0.15, 0.2) is 24.3 Å². The Kier molecular flexibility index (Phi) is 6.38. The second-order valence-electron chi connectivity index (χ2n) is 6.24. The Morgan fingerprint density at radius 1 is 1.15 bits per heavy atom. The zero-order chi connectivity index (χ0) is 14.2.